The molecule has 2 aromatic heterocycles. The Bertz CT molecular complexity index is 1130. The summed E-state index contributed by atoms with van der Waals surface area (Å²) in [6.07, 6.45) is 3.40. The quantitative estimate of drug-likeness (QED) is 0.447. The van der Waals surface area contributed by atoms with E-state index in [4.69, 9.17) is 4.74 Å². The number of hydrogen-bond donors (Lipinski definition) is 0. The van der Waals surface area contributed by atoms with Crippen LogP contribution in [0.25, 0.3) is 10.2 Å². The molecular weight excluding hydrogens is 389 g/mol. The second-order valence-electron chi connectivity index (χ2n) is 6.32. The van der Waals surface area contributed by atoms with Gasteiger partial charge < -0.3 is 4.74 Å². The molecule has 0 radical (unpaired) electrons. The lowest BCUT2D eigenvalue weighted by Gasteiger charge is -2.20. The van der Waals surface area contributed by atoms with Crippen LogP contribution in [0.3, 0.4) is 0 Å². The van der Waals surface area contributed by atoms with Gasteiger partial charge in [0.1, 0.15) is 11.6 Å². The van der Waals surface area contributed by atoms with Crippen LogP contribution in [-0.4, -0.2) is 22.5 Å². The van der Waals surface area contributed by atoms with Crippen LogP contribution in [0.1, 0.15) is 22.8 Å². The molecule has 0 aliphatic rings. The predicted octanol–water partition coefficient (Wildman–Crippen LogP) is 5.08. The summed E-state index contributed by atoms with van der Waals surface area (Å²) in [4.78, 5) is 23.6. The number of thiazole rings is 1. The Morgan fingerprint density at radius 3 is 2.72 bits per heavy atom. The molecule has 0 bridgehead atoms. The molecule has 2 heterocycles. The summed E-state index contributed by atoms with van der Waals surface area (Å²) in [6, 6.07) is 15.1. The van der Waals surface area contributed by atoms with Gasteiger partial charge in [0.25, 0.3) is 5.91 Å². The van der Waals surface area contributed by atoms with Crippen molar-refractivity contribution in [2.45, 2.75) is 13.5 Å². The summed E-state index contributed by atoms with van der Waals surface area (Å²) in [5.74, 6) is 0.180. The minimum absolute atomic E-state index is 0.198. The summed E-state index contributed by atoms with van der Waals surface area (Å²) in [5.41, 5.74) is 2.04. The van der Waals surface area contributed by atoms with Gasteiger partial charge in [-0.3, -0.25) is 14.7 Å². The highest BCUT2D eigenvalue weighted by Gasteiger charge is 2.22. The van der Waals surface area contributed by atoms with Crippen molar-refractivity contribution in [2.75, 3.05) is 11.5 Å². The van der Waals surface area contributed by atoms with E-state index in [1.165, 1.54) is 23.5 Å². The molecule has 0 N–H and O–H groups in total. The molecule has 0 spiro atoms. The van der Waals surface area contributed by atoms with Gasteiger partial charge in [-0.25, -0.2) is 9.37 Å². The Morgan fingerprint density at radius 1 is 1.17 bits per heavy atom. The van der Waals surface area contributed by atoms with Gasteiger partial charge in [-0.1, -0.05) is 17.4 Å². The molecule has 1 amide bonds. The molecule has 7 heteroatoms. The number of halogens is 1. The second kappa shape index (κ2) is 8.36. The Labute approximate surface area is 171 Å². The average molecular weight is 407 g/mol. The van der Waals surface area contributed by atoms with Crippen molar-refractivity contribution in [3.8, 4) is 5.75 Å². The Balaban J connectivity index is 1.71. The van der Waals surface area contributed by atoms with Gasteiger partial charge >= 0.3 is 0 Å². The maximum atomic E-state index is 13.6. The van der Waals surface area contributed by atoms with Crippen LogP contribution in [0.2, 0.25) is 0 Å². The Hall–Kier alpha value is -3.32. The van der Waals surface area contributed by atoms with Crippen molar-refractivity contribution in [3.05, 3.63) is 83.9 Å². The number of fused-ring (bicyclic) bond motifs is 1. The zero-order valence-corrected chi connectivity index (χ0v) is 16.5. The molecule has 0 fully saturated rings. The van der Waals surface area contributed by atoms with Crippen LogP contribution in [0.15, 0.2) is 67.0 Å². The third-order valence-electron chi connectivity index (χ3n) is 4.29. The number of amides is 1. The normalized spacial score (nSPS) is 10.8. The number of nitrogens with zero attached hydrogens (tertiary/aromatic N) is 3. The zero-order chi connectivity index (χ0) is 20.2. The van der Waals surface area contributed by atoms with Crippen molar-refractivity contribution in [3.63, 3.8) is 0 Å². The number of hydrogen-bond acceptors (Lipinski definition) is 5. The number of aromatic nitrogens is 2. The van der Waals surface area contributed by atoms with E-state index < -0.39 is 0 Å². The lowest BCUT2D eigenvalue weighted by molar-refractivity contribution is 0.0985. The van der Waals surface area contributed by atoms with Crippen molar-refractivity contribution in [1.29, 1.82) is 0 Å². The third kappa shape index (κ3) is 4.25. The number of rotatable bonds is 6. The minimum atomic E-state index is -0.329. The van der Waals surface area contributed by atoms with E-state index in [1.54, 1.807) is 47.6 Å². The summed E-state index contributed by atoms with van der Waals surface area (Å²) in [6.45, 7) is 2.77. The SMILES string of the molecule is CCOc1ccc(C(=O)N(Cc2cccnc2)c2nc3ccc(F)cc3s2)cc1. The summed E-state index contributed by atoms with van der Waals surface area (Å²) in [5, 5.41) is 0.508. The Kier molecular flexibility index (Phi) is 5.48. The molecule has 0 atom stereocenters. The van der Waals surface area contributed by atoms with E-state index in [1.807, 2.05) is 19.1 Å². The lowest BCUT2D eigenvalue weighted by Crippen LogP contribution is -2.30. The van der Waals surface area contributed by atoms with Gasteiger partial charge in [-0.05, 0) is 61.0 Å². The fourth-order valence-electron chi connectivity index (χ4n) is 2.92. The van der Waals surface area contributed by atoms with E-state index in [9.17, 15) is 9.18 Å². The molecule has 5 nitrogen and oxygen atoms in total. The van der Waals surface area contributed by atoms with Crippen LogP contribution in [0.5, 0.6) is 5.75 Å². The standard InChI is InChI=1S/C22H18FN3O2S/c1-2-28-18-8-5-16(6-9-18)21(27)26(14-15-4-3-11-24-13-15)22-25-19-10-7-17(23)12-20(19)29-22/h3-13H,2,14H2,1H3. The molecule has 2 aromatic carbocycles. The molecule has 0 saturated carbocycles. The Morgan fingerprint density at radius 2 is 2.00 bits per heavy atom. The molecule has 0 aliphatic heterocycles. The van der Waals surface area contributed by atoms with Gasteiger partial charge in [0.15, 0.2) is 5.13 Å². The van der Waals surface area contributed by atoms with Gasteiger partial charge in [0.05, 0.1) is 23.4 Å². The fraction of sp³-hybridized carbons (Fsp3) is 0.136. The topological polar surface area (TPSA) is 55.3 Å². The van der Waals surface area contributed by atoms with E-state index >= 15 is 0 Å². The first-order valence-electron chi connectivity index (χ1n) is 9.14. The number of ether oxygens (including phenoxy) is 1. The van der Waals surface area contributed by atoms with Crippen molar-refractivity contribution >= 4 is 32.6 Å². The molecule has 29 heavy (non-hydrogen) atoms. The highest BCUT2D eigenvalue weighted by molar-refractivity contribution is 7.22. The van der Waals surface area contributed by atoms with Crippen LogP contribution in [0, 0.1) is 5.82 Å². The third-order valence-corrected chi connectivity index (χ3v) is 5.33. The first-order chi connectivity index (χ1) is 14.1. The van der Waals surface area contributed by atoms with Gasteiger partial charge in [0, 0.05) is 18.0 Å². The van der Waals surface area contributed by atoms with Crippen molar-refractivity contribution in [1.82, 2.24) is 9.97 Å². The van der Waals surface area contributed by atoms with Gasteiger partial charge in [-0.15, -0.1) is 0 Å². The summed E-state index contributed by atoms with van der Waals surface area (Å²) < 4.78 is 19.7. The molecule has 0 aliphatic carbocycles. The van der Waals surface area contributed by atoms with Crippen LogP contribution in [0.4, 0.5) is 9.52 Å². The number of carbonyl (C=O) groups excluding carboxylic acids is 1. The van der Waals surface area contributed by atoms with Crippen LogP contribution in [-0.2, 0) is 6.54 Å². The minimum Gasteiger partial charge on any atom is -0.494 e. The monoisotopic (exact) mass is 407 g/mol. The van der Waals surface area contributed by atoms with Crippen LogP contribution >= 0.6 is 11.3 Å². The van der Waals surface area contributed by atoms with Crippen LogP contribution < -0.4 is 9.64 Å². The van der Waals surface area contributed by atoms with Crippen molar-refractivity contribution in [2.24, 2.45) is 0 Å². The number of benzene rings is 2. The summed E-state index contributed by atoms with van der Waals surface area (Å²) >= 11 is 1.28. The molecule has 4 rings (SSSR count). The fourth-order valence-corrected chi connectivity index (χ4v) is 3.91. The molecular formula is C22H18FN3O2S. The van der Waals surface area contributed by atoms with E-state index in [2.05, 4.69) is 9.97 Å². The first-order valence-corrected chi connectivity index (χ1v) is 9.95. The van der Waals surface area contributed by atoms with E-state index in [0.717, 1.165) is 5.56 Å². The first kappa shape index (κ1) is 19.0. The predicted molar refractivity (Wildman–Crippen MR) is 112 cm³/mol. The zero-order valence-electron chi connectivity index (χ0n) is 15.7. The maximum absolute atomic E-state index is 13.6. The highest BCUT2D eigenvalue weighted by Crippen LogP contribution is 2.31. The molecule has 146 valence electrons. The number of anilines is 1. The van der Waals surface area contributed by atoms with Gasteiger partial charge in [-0.2, -0.15) is 0 Å². The molecule has 0 unspecified atom stereocenters. The smallest absolute Gasteiger partial charge is 0.260 e. The lowest BCUT2D eigenvalue weighted by atomic mass is 10.2. The summed E-state index contributed by atoms with van der Waals surface area (Å²) in [7, 11) is 0. The largest absolute Gasteiger partial charge is 0.494 e. The number of pyridine rings is 1. The average Bonchev–Trinajstić information content (AvgIpc) is 3.16. The van der Waals surface area contributed by atoms with Gasteiger partial charge in [0.2, 0.25) is 0 Å². The second-order valence-corrected chi connectivity index (χ2v) is 7.33. The highest BCUT2D eigenvalue weighted by atomic mass is 32.1. The van der Waals surface area contributed by atoms with E-state index in [0.29, 0.717) is 39.8 Å². The number of carbonyl (C=O) groups is 1. The maximum Gasteiger partial charge on any atom is 0.260 e. The molecule has 4 aromatic rings. The van der Waals surface area contributed by atoms with Crippen molar-refractivity contribution < 1.29 is 13.9 Å². The van der Waals surface area contributed by atoms with E-state index in [-0.39, 0.29) is 11.7 Å². The molecule has 0 saturated heterocycles.